The van der Waals surface area contributed by atoms with E-state index in [2.05, 4.69) is 51.2 Å². The monoisotopic (exact) mass is 649 g/mol. The van der Waals surface area contributed by atoms with E-state index in [9.17, 15) is 14.4 Å². The summed E-state index contributed by atoms with van der Waals surface area (Å²) in [7, 11) is -4.15. The van der Waals surface area contributed by atoms with Crippen LogP contribution in [-0.4, -0.2) is 58.0 Å². The lowest BCUT2D eigenvalue weighted by Crippen LogP contribution is -2.51. The summed E-state index contributed by atoms with van der Waals surface area (Å²) in [5.74, 6) is -1.01. The third kappa shape index (κ3) is 11.9. The van der Waals surface area contributed by atoms with Crippen molar-refractivity contribution < 1.29 is 28.0 Å². The Labute approximate surface area is 266 Å². The molecule has 0 spiro atoms. The van der Waals surface area contributed by atoms with Gasteiger partial charge in [0.15, 0.2) is 16.6 Å². The number of thiazole rings is 1. The third-order valence-electron chi connectivity index (χ3n) is 7.87. The quantitative estimate of drug-likeness (QED) is 0.128. The molecule has 2 heterocycles. The molecular weight excluding hydrogens is 595 g/mol. The highest BCUT2D eigenvalue weighted by Crippen LogP contribution is 2.37. The molecule has 1 aromatic heterocycles. The lowest BCUT2D eigenvalue weighted by molar-refractivity contribution is -0.151. The van der Waals surface area contributed by atoms with Gasteiger partial charge in [-0.15, -0.1) is 11.3 Å². The minimum Gasteiger partial charge on any atom is -0.453 e. The zero-order chi connectivity index (χ0) is 32.8. The summed E-state index contributed by atoms with van der Waals surface area (Å²) in [6.07, 6.45) is 7.17. The average molecular weight is 650 g/mol. The summed E-state index contributed by atoms with van der Waals surface area (Å²) in [5.41, 5.74) is 0.647. The Hall–Kier alpha value is -1.73. The van der Waals surface area contributed by atoms with Crippen LogP contribution in [-0.2, 0) is 28.0 Å². The third-order valence-corrected chi connectivity index (χ3v) is 10.6. The number of aromatic nitrogens is 1. The lowest BCUT2D eigenvalue weighted by Gasteiger charge is -2.41. The Kier molecular flexibility index (Phi) is 13.5. The fourth-order valence-electron chi connectivity index (χ4n) is 5.56. The molecular formula is C33H55NO6SSi2. The smallest absolute Gasteiger partial charge is 0.309 e. The van der Waals surface area contributed by atoms with Gasteiger partial charge in [-0.25, -0.2) is 4.98 Å². The highest BCUT2D eigenvalue weighted by Gasteiger charge is 2.46. The van der Waals surface area contributed by atoms with Gasteiger partial charge < -0.3 is 18.4 Å². The number of aldehydes is 1. The van der Waals surface area contributed by atoms with Crippen molar-refractivity contribution in [2.75, 3.05) is 0 Å². The first kappa shape index (κ1) is 37.5. The number of allylic oxidation sites excluding steroid dienone is 1. The van der Waals surface area contributed by atoms with Gasteiger partial charge in [-0.1, -0.05) is 40.2 Å². The normalized spacial score (nSPS) is 28.9. The van der Waals surface area contributed by atoms with Gasteiger partial charge in [0.2, 0.25) is 0 Å². The van der Waals surface area contributed by atoms with Gasteiger partial charge in [0.05, 0.1) is 29.3 Å². The van der Waals surface area contributed by atoms with E-state index in [1.807, 2.05) is 52.2 Å². The van der Waals surface area contributed by atoms with E-state index >= 15 is 0 Å². The molecule has 6 atom stereocenters. The van der Waals surface area contributed by atoms with Crippen LogP contribution in [0.1, 0.15) is 71.0 Å². The van der Waals surface area contributed by atoms with E-state index in [4.69, 9.17) is 13.6 Å². The molecule has 1 aromatic rings. The zero-order valence-electron chi connectivity index (χ0n) is 28.5. The maximum absolute atomic E-state index is 14.3. The molecule has 1 unspecified atom stereocenters. The molecule has 1 aliphatic heterocycles. The molecule has 0 aromatic carbocycles. The number of carbonyl (C=O) groups is 3. The minimum absolute atomic E-state index is 0.0305. The highest BCUT2D eigenvalue weighted by atomic mass is 32.1. The lowest BCUT2D eigenvalue weighted by atomic mass is 9.73. The fraction of sp³-hybridized carbons (Fsp3) is 0.697. The summed E-state index contributed by atoms with van der Waals surface area (Å²) in [4.78, 5) is 44.5. The Morgan fingerprint density at radius 3 is 2.21 bits per heavy atom. The Morgan fingerprint density at radius 1 is 1.05 bits per heavy atom. The van der Waals surface area contributed by atoms with E-state index in [0.717, 1.165) is 35.4 Å². The Balaban J connectivity index is 2.58. The number of Topliss-reactive ketones (excluding diaryl/α,β-unsaturated/α-hetero) is 1. The van der Waals surface area contributed by atoms with E-state index in [0.29, 0.717) is 6.42 Å². The molecule has 7 nitrogen and oxygen atoms in total. The van der Waals surface area contributed by atoms with Crippen LogP contribution in [0.25, 0.3) is 6.08 Å². The van der Waals surface area contributed by atoms with Crippen molar-refractivity contribution in [2.24, 2.45) is 23.2 Å². The van der Waals surface area contributed by atoms with E-state index in [1.54, 1.807) is 17.4 Å². The predicted molar refractivity (Wildman–Crippen MR) is 181 cm³/mol. The van der Waals surface area contributed by atoms with Crippen molar-refractivity contribution in [3.63, 3.8) is 0 Å². The molecule has 1 aliphatic rings. The van der Waals surface area contributed by atoms with Crippen molar-refractivity contribution in [3.8, 4) is 0 Å². The van der Waals surface area contributed by atoms with Crippen molar-refractivity contribution in [1.29, 1.82) is 0 Å². The summed E-state index contributed by atoms with van der Waals surface area (Å²) < 4.78 is 19.3. The molecule has 0 amide bonds. The Bertz CT molecular complexity index is 1160. The van der Waals surface area contributed by atoms with E-state index in [1.165, 1.54) is 0 Å². The standard InChI is InChI=1S/C33H55NO6SSi2/c1-22-14-13-15-26(20-35)16-17-28(23(2)18-27-21-41-25(4)34-27)38-30(36)19-29(39-42(7,8)9)33(5,6)32(37)24(3)31(22)40-43(10,11)12/h16-18,20-22,24,26,28-29,31H,13-15,19H2,1-12H3/t22-,24+,26?,28-,29-,31-/m0/s1. The number of aryl methyl sites for hydroxylation is 1. The predicted octanol–water partition coefficient (Wildman–Crippen LogP) is 8.02. The molecule has 0 N–H and O–H groups in total. The van der Waals surface area contributed by atoms with Gasteiger partial charge in [-0.2, -0.15) is 0 Å². The number of cyclic esters (lactones) is 1. The SMILES string of the molecule is CC(=Cc1csc(C)n1)[C@@H]1C=CC(C=O)CCC[C@H](C)[C@H](O[Si](C)(C)C)[C@@H](C)C(=O)C(C)(C)[C@@H](O[Si](C)(C)C)CC(=O)O1. The maximum Gasteiger partial charge on any atom is 0.309 e. The molecule has 10 heteroatoms. The Morgan fingerprint density at radius 2 is 1.67 bits per heavy atom. The number of hydrogen-bond donors (Lipinski definition) is 0. The van der Waals surface area contributed by atoms with Crippen molar-refractivity contribution >= 4 is 52.1 Å². The number of hydrogen-bond acceptors (Lipinski definition) is 8. The van der Waals surface area contributed by atoms with Gasteiger partial charge >= 0.3 is 5.97 Å². The highest BCUT2D eigenvalue weighted by molar-refractivity contribution is 7.09. The van der Waals surface area contributed by atoms with Gasteiger partial charge in [-0.05, 0) is 89.6 Å². The first-order chi connectivity index (χ1) is 19.7. The maximum atomic E-state index is 14.3. The van der Waals surface area contributed by atoms with Crippen molar-refractivity contribution in [1.82, 2.24) is 4.98 Å². The average Bonchev–Trinajstić information content (AvgIpc) is 3.29. The molecule has 0 saturated heterocycles. The first-order valence-electron chi connectivity index (χ1n) is 15.6. The summed E-state index contributed by atoms with van der Waals surface area (Å²) in [5, 5.41) is 2.91. The van der Waals surface area contributed by atoms with Crippen LogP contribution in [0.2, 0.25) is 39.3 Å². The van der Waals surface area contributed by atoms with Crippen molar-refractivity contribution in [3.05, 3.63) is 33.8 Å². The zero-order valence-corrected chi connectivity index (χ0v) is 31.3. The molecule has 0 fully saturated rings. The van der Waals surface area contributed by atoms with Crippen LogP contribution >= 0.6 is 11.3 Å². The van der Waals surface area contributed by atoms with Gasteiger partial charge in [-0.3, -0.25) is 9.59 Å². The summed E-state index contributed by atoms with van der Waals surface area (Å²) in [6, 6.07) is 0. The van der Waals surface area contributed by atoms with Crippen LogP contribution in [0.4, 0.5) is 0 Å². The van der Waals surface area contributed by atoms with Gasteiger partial charge in [0, 0.05) is 22.6 Å². The number of rotatable bonds is 7. The molecule has 0 bridgehead atoms. The number of carbonyl (C=O) groups excluding carboxylic acids is 3. The van der Waals surface area contributed by atoms with Gasteiger partial charge in [0.25, 0.3) is 0 Å². The molecule has 0 aliphatic carbocycles. The molecule has 0 saturated carbocycles. The van der Waals surface area contributed by atoms with Crippen LogP contribution in [0.15, 0.2) is 23.1 Å². The number of nitrogens with zero attached hydrogens (tertiary/aromatic N) is 1. The van der Waals surface area contributed by atoms with Crippen molar-refractivity contribution in [2.45, 2.75) is 125 Å². The largest absolute Gasteiger partial charge is 0.453 e. The summed E-state index contributed by atoms with van der Waals surface area (Å²) >= 11 is 1.55. The summed E-state index contributed by atoms with van der Waals surface area (Å²) in [6.45, 7) is 24.4. The minimum atomic E-state index is -2.16. The van der Waals surface area contributed by atoms with Crippen LogP contribution in [0.5, 0.6) is 0 Å². The molecule has 0 radical (unpaired) electrons. The number of ether oxygens (including phenoxy) is 1. The van der Waals surface area contributed by atoms with Crippen LogP contribution < -0.4 is 0 Å². The van der Waals surface area contributed by atoms with E-state index in [-0.39, 0.29) is 30.1 Å². The molecule has 43 heavy (non-hydrogen) atoms. The van der Waals surface area contributed by atoms with Crippen LogP contribution in [0, 0.1) is 30.1 Å². The molecule has 2 rings (SSSR count). The van der Waals surface area contributed by atoms with Crippen LogP contribution in [0.3, 0.4) is 0 Å². The second kappa shape index (κ2) is 15.5. The number of esters is 1. The van der Waals surface area contributed by atoms with E-state index < -0.39 is 46.1 Å². The fourth-order valence-corrected chi connectivity index (χ4v) is 8.62. The molecule has 242 valence electrons. The number of ketones is 1. The van der Waals surface area contributed by atoms with Gasteiger partial charge in [0.1, 0.15) is 18.2 Å². The second-order valence-corrected chi connectivity index (χ2v) is 24.7. The second-order valence-electron chi connectivity index (χ2n) is 14.7. The first-order valence-corrected chi connectivity index (χ1v) is 23.3. The topological polar surface area (TPSA) is 91.8 Å².